The smallest absolute Gasteiger partial charge is 0.328 e. The van der Waals surface area contributed by atoms with Crippen LogP contribution >= 0.6 is 11.3 Å². The Kier molecular flexibility index (Phi) is 3.05. The van der Waals surface area contributed by atoms with Gasteiger partial charge in [-0.3, -0.25) is 0 Å². The fourth-order valence-electron chi connectivity index (χ4n) is 1.35. The third kappa shape index (κ3) is 2.14. The Balaban J connectivity index is 2.18. The van der Waals surface area contributed by atoms with Crippen molar-refractivity contribution in [2.45, 2.75) is 13.0 Å². The van der Waals surface area contributed by atoms with Gasteiger partial charge < -0.3 is 10.1 Å². The van der Waals surface area contributed by atoms with Crippen LogP contribution in [0.3, 0.4) is 0 Å². The second-order valence-electron chi connectivity index (χ2n) is 3.38. The van der Waals surface area contributed by atoms with Gasteiger partial charge in [0.1, 0.15) is 6.04 Å². The zero-order valence-electron chi connectivity index (χ0n) is 9.06. The van der Waals surface area contributed by atoms with Gasteiger partial charge in [0, 0.05) is 0 Å². The van der Waals surface area contributed by atoms with Crippen molar-refractivity contribution in [1.29, 1.82) is 0 Å². The summed E-state index contributed by atoms with van der Waals surface area (Å²) in [5, 5.41) is 3.75. The number of esters is 1. The lowest BCUT2D eigenvalue weighted by Crippen LogP contribution is -2.26. The third-order valence-electron chi connectivity index (χ3n) is 2.19. The Morgan fingerprint density at radius 1 is 1.50 bits per heavy atom. The molecule has 0 bridgehead atoms. The number of carbonyl (C=O) groups is 1. The topological polar surface area (TPSA) is 51.2 Å². The van der Waals surface area contributed by atoms with E-state index in [1.807, 2.05) is 24.3 Å². The average molecular weight is 236 g/mol. The van der Waals surface area contributed by atoms with Crippen molar-refractivity contribution < 1.29 is 9.53 Å². The monoisotopic (exact) mass is 236 g/mol. The maximum absolute atomic E-state index is 11.2. The number of aromatic nitrogens is 1. The number of para-hydroxylation sites is 1. The van der Waals surface area contributed by atoms with Gasteiger partial charge in [-0.05, 0) is 19.1 Å². The number of nitrogens with one attached hydrogen (secondary N) is 1. The molecule has 1 atom stereocenters. The highest BCUT2D eigenvalue weighted by atomic mass is 32.1. The number of nitrogens with zero attached hydrogens (tertiary/aromatic N) is 1. The molecule has 0 aliphatic carbocycles. The van der Waals surface area contributed by atoms with Crippen molar-refractivity contribution in [3.05, 3.63) is 24.3 Å². The van der Waals surface area contributed by atoms with Crippen molar-refractivity contribution in [1.82, 2.24) is 4.98 Å². The Hall–Kier alpha value is -1.62. The summed E-state index contributed by atoms with van der Waals surface area (Å²) in [6.45, 7) is 1.75. The quantitative estimate of drug-likeness (QED) is 0.831. The van der Waals surface area contributed by atoms with Gasteiger partial charge >= 0.3 is 5.97 Å². The number of benzene rings is 1. The molecule has 5 heteroatoms. The molecule has 1 N–H and O–H groups in total. The molecule has 0 spiro atoms. The molecule has 16 heavy (non-hydrogen) atoms. The number of fused-ring (bicyclic) bond motifs is 1. The first kappa shape index (κ1) is 10.9. The number of hydrogen-bond donors (Lipinski definition) is 1. The zero-order valence-corrected chi connectivity index (χ0v) is 9.88. The molecule has 4 nitrogen and oxygen atoms in total. The highest BCUT2D eigenvalue weighted by Crippen LogP contribution is 2.25. The van der Waals surface area contributed by atoms with Crippen LogP contribution in [-0.2, 0) is 9.53 Å². The maximum Gasteiger partial charge on any atom is 0.328 e. The van der Waals surface area contributed by atoms with Crippen molar-refractivity contribution in [3.8, 4) is 0 Å². The summed E-state index contributed by atoms with van der Waals surface area (Å²) in [4.78, 5) is 15.6. The Bertz CT molecular complexity index is 476. The molecule has 0 fully saturated rings. The highest BCUT2D eigenvalue weighted by molar-refractivity contribution is 7.22. The summed E-state index contributed by atoms with van der Waals surface area (Å²) in [7, 11) is 1.37. The van der Waals surface area contributed by atoms with Crippen LogP contribution in [0.15, 0.2) is 24.3 Å². The predicted molar refractivity (Wildman–Crippen MR) is 64.7 cm³/mol. The van der Waals surface area contributed by atoms with E-state index in [0.29, 0.717) is 0 Å². The lowest BCUT2D eigenvalue weighted by atomic mass is 10.3. The maximum atomic E-state index is 11.2. The Labute approximate surface area is 97.3 Å². The van der Waals surface area contributed by atoms with Crippen LogP contribution in [0.4, 0.5) is 5.13 Å². The molecule has 1 aromatic carbocycles. The first-order valence-corrected chi connectivity index (χ1v) is 5.72. The molecule has 0 radical (unpaired) electrons. The molecular formula is C11H12N2O2S. The van der Waals surface area contributed by atoms with E-state index in [1.165, 1.54) is 18.4 Å². The minimum atomic E-state index is -0.384. The van der Waals surface area contributed by atoms with Crippen molar-refractivity contribution in [2.75, 3.05) is 12.4 Å². The fourth-order valence-corrected chi connectivity index (χ4v) is 2.31. The van der Waals surface area contributed by atoms with Gasteiger partial charge in [-0.25, -0.2) is 9.78 Å². The average Bonchev–Trinajstić information content (AvgIpc) is 2.69. The summed E-state index contributed by atoms with van der Waals surface area (Å²) in [6, 6.07) is 7.47. The van der Waals surface area contributed by atoms with Crippen molar-refractivity contribution >= 4 is 32.7 Å². The van der Waals surface area contributed by atoms with Crippen LogP contribution in [0.25, 0.3) is 10.2 Å². The Morgan fingerprint density at radius 3 is 2.94 bits per heavy atom. The molecule has 0 saturated carbocycles. The van der Waals surface area contributed by atoms with Gasteiger partial charge in [0.25, 0.3) is 0 Å². The van der Waals surface area contributed by atoms with Crippen LogP contribution in [0, 0.1) is 0 Å². The van der Waals surface area contributed by atoms with Crippen LogP contribution < -0.4 is 5.32 Å². The largest absolute Gasteiger partial charge is 0.467 e. The van der Waals surface area contributed by atoms with E-state index in [9.17, 15) is 4.79 Å². The fraction of sp³-hybridized carbons (Fsp3) is 0.273. The first-order chi connectivity index (χ1) is 7.70. The van der Waals surface area contributed by atoms with E-state index in [-0.39, 0.29) is 12.0 Å². The number of rotatable bonds is 3. The summed E-state index contributed by atoms with van der Waals surface area (Å²) in [5.41, 5.74) is 0.937. The number of ether oxygens (including phenoxy) is 1. The van der Waals surface area contributed by atoms with Crippen molar-refractivity contribution in [2.24, 2.45) is 0 Å². The van der Waals surface area contributed by atoms with Crippen LogP contribution in [-0.4, -0.2) is 24.1 Å². The second-order valence-corrected chi connectivity index (χ2v) is 4.41. The first-order valence-electron chi connectivity index (χ1n) is 4.90. The van der Waals surface area contributed by atoms with Crippen molar-refractivity contribution in [3.63, 3.8) is 0 Å². The normalized spacial score (nSPS) is 12.4. The van der Waals surface area contributed by atoms with Gasteiger partial charge in [-0.2, -0.15) is 0 Å². The lowest BCUT2D eigenvalue weighted by Gasteiger charge is -2.09. The Morgan fingerprint density at radius 2 is 2.25 bits per heavy atom. The van der Waals surface area contributed by atoms with E-state index in [0.717, 1.165) is 15.3 Å². The molecule has 1 aromatic heterocycles. The molecule has 0 amide bonds. The molecule has 0 unspecified atom stereocenters. The van der Waals surface area contributed by atoms with E-state index in [4.69, 9.17) is 0 Å². The van der Waals surface area contributed by atoms with Gasteiger partial charge in [-0.1, -0.05) is 23.5 Å². The molecular weight excluding hydrogens is 224 g/mol. The molecule has 1 heterocycles. The van der Waals surface area contributed by atoms with Gasteiger partial charge in [-0.15, -0.1) is 0 Å². The van der Waals surface area contributed by atoms with Crippen LogP contribution in [0.5, 0.6) is 0 Å². The summed E-state index contributed by atoms with van der Waals surface area (Å²) >= 11 is 1.52. The minimum absolute atomic E-state index is 0.292. The summed E-state index contributed by atoms with van der Waals surface area (Å²) in [6.07, 6.45) is 0. The second kappa shape index (κ2) is 4.49. The third-order valence-corrected chi connectivity index (χ3v) is 3.16. The van der Waals surface area contributed by atoms with Gasteiger partial charge in [0.2, 0.25) is 0 Å². The van der Waals surface area contributed by atoms with E-state index in [2.05, 4.69) is 15.0 Å². The number of carbonyl (C=O) groups excluding carboxylic acids is 1. The molecule has 0 aliphatic heterocycles. The van der Waals surface area contributed by atoms with E-state index in [1.54, 1.807) is 6.92 Å². The van der Waals surface area contributed by atoms with E-state index < -0.39 is 0 Å². The van der Waals surface area contributed by atoms with Crippen LogP contribution in [0.1, 0.15) is 6.92 Å². The molecule has 0 aliphatic rings. The molecule has 0 saturated heterocycles. The standard InChI is InChI=1S/C11H12N2O2S/c1-7(10(14)15-2)12-11-13-8-5-3-4-6-9(8)16-11/h3-7H,1-2H3,(H,12,13)/t7-/m0/s1. The summed E-state index contributed by atoms with van der Waals surface area (Å²) in [5.74, 6) is -0.292. The van der Waals surface area contributed by atoms with Crippen LogP contribution in [0.2, 0.25) is 0 Å². The zero-order chi connectivity index (χ0) is 11.5. The SMILES string of the molecule is COC(=O)[C@H](C)Nc1nc2ccccc2s1. The number of methoxy groups -OCH3 is 1. The summed E-state index contributed by atoms with van der Waals surface area (Å²) < 4.78 is 5.73. The predicted octanol–water partition coefficient (Wildman–Crippen LogP) is 2.27. The highest BCUT2D eigenvalue weighted by Gasteiger charge is 2.14. The molecule has 2 aromatic rings. The molecule has 84 valence electrons. The van der Waals surface area contributed by atoms with Gasteiger partial charge in [0.05, 0.1) is 17.3 Å². The lowest BCUT2D eigenvalue weighted by molar-refractivity contribution is -0.141. The minimum Gasteiger partial charge on any atom is -0.467 e. The number of thiazole rings is 1. The molecule has 2 rings (SSSR count). The van der Waals surface area contributed by atoms with E-state index >= 15 is 0 Å². The van der Waals surface area contributed by atoms with Gasteiger partial charge in [0.15, 0.2) is 5.13 Å². The number of anilines is 1. The number of hydrogen-bond acceptors (Lipinski definition) is 5.